The first-order valence-corrected chi connectivity index (χ1v) is 5.87. The van der Waals surface area contributed by atoms with Crippen LogP contribution in [0.3, 0.4) is 0 Å². The number of ether oxygens (including phenoxy) is 1. The lowest BCUT2D eigenvalue weighted by atomic mass is 10.1. The molecule has 0 aliphatic rings. The number of para-hydroxylation sites is 1. The van der Waals surface area contributed by atoms with Crippen LogP contribution in [-0.2, 0) is 11.4 Å². The van der Waals surface area contributed by atoms with E-state index in [2.05, 4.69) is 6.58 Å². The molecular formula is C16H14O3. The third-order valence-corrected chi connectivity index (χ3v) is 2.71. The van der Waals surface area contributed by atoms with Crippen LogP contribution in [0.25, 0.3) is 5.57 Å². The average molecular weight is 254 g/mol. The van der Waals surface area contributed by atoms with Crippen molar-refractivity contribution in [2.24, 2.45) is 0 Å². The molecule has 2 rings (SSSR count). The van der Waals surface area contributed by atoms with Crippen LogP contribution in [0.1, 0.15) is 11.1 Å². The predicted molar refractivity (Wildman–Crippen MR) is 73.9 cm³/mol. The second-order valence-corrected chi connectivity index (χ2v) is 4.05. The Morgan fingerprint density at radius 3 is 2.37 bits per heavy atom. The lowest BCUT2D eigenvalue weighted by molar-refractivity contribution is -0.130. The second kappa shape index (κ2) is 5.87. The van der Waals surface area contributed by atoms with Crippen molar-refractivity contribution in [2.45, 2.75) is 6.61 Å². The van der Waals surface area contributed by atoms with E-state index in [0.29, 0.717) is 17.9 Å². The highest BCUT2D eigenvalue weighted by atomic mass is 16.5. The molecule has 2 aromatic rings. The van der Waals surface area contributed by atoms with Gasteiger partial charge in [-0.3, -0.25) is 0 Å². The molecule has 0 fully saturated rings. The summed E-state index contributed by atoms with van der Waals surface area (Å²) in [5.74, 6) is -0.519. The highest BCUT2D eigenvalue weighted by Gasteiger charge is 2.12. The predicted octanol–water partition coefficient (Wildman–Crippen LogP) is 3.36. The third kappa shape index (κ3) is 3.22. The number of benzene rings is 2. The number of aliphatic carboxylic acids is 1. The van der Waals surface area contributed by atoms with Crippen LogP contribution >= 0.6 is 0 Å². The van der Waals surface area contributed by atoms with E-state index in [9.17, 15) is 4.79 Å². The SMILES string of the molecule is C=C(C(=O)O)c1ccccc1OCc1ccccc1. The summed E-state index contributed by atoms with van der Waals surface area (Å²) in [6.07, 6.45) is 0. The first-order valence-electron chi connectivity index (χ1n) is 5.87. The van der Waals surface area contributed by atoms with E-state index < -0.39 is 5.97 Å². The van der Waals surface area contributed by atoms with E-state index in [0.717, 1.165) is 5.56 Å². The minimum atomic E-state index is -1.05. The van der Waals surface area contributed by atoms with Crippen LogP contribution in [-0.4, -0.2) is 11.1 Å². The van der Waals surface area contributed by atoms with Crippen LogP contribution in [0.5, 0.6) is 5.75 Å². The average Bonchev–Trinajstić information content (AvgIpc) is 2.45. The van der Waals surface area contributed by atoms with Crippen molar-refractivity contribution >= 4 is 11.5 Å². The quantitative estimate of drug-likeness (QED) is 0.832. The van der Waals surface area contributed by atoms with Gasteiger partial charge in [0.15, 0.2) is 0 Å². The molecule has 0 radical (unpaired) electrons. The van der Waals surface area contributed by atoms with Crippen molar-refractivity contribution in [2.75, 3.05) is 0 Å². The zero-order valence-corrected chi connectivity index (χ0v) is 10.4. The fourth-order valence-electron chi connectivity index (χ4n) is 1.69. The Hall–Kier alpha value is -2.55. The Morgan fingerprint density at radius 1 is 1.05 bits per heavy atom. The zero-order valence-electron chi connectivity index (χ0n) is 10.4. The van der Waals surface area contributed by atoms with Gasteiger partial charge >= 0.3 is 5.97 Å². The van der Waals surface area contributed by atoms with Crippen LogP contribution in [0.4, 0.5) is 0 Å². The molecular weight excluding hydrogens is 240 g/mol. The molecule has 0 atom stereocenters. The van der Waals surface area contributed by atoms with Gasteiger partial charge in [-0.2, -0.15) is 0 Å². The lowest BCUT2D eigenvalue weighted by Gasteiger charge is -2.11. The molecule has 0 amide bonds. The van der Waals surface area contributed by atoms with Crippen LogP contribution in [0.2, 0.25) is 0 Å². The second-order valence-electron chi connectivity index (χ2n) is 4.05. The Balaban J connectivity index is 2.17. The standard InChI is InChI=1S/C16H14O3/c1-12(16(17)18)14-9-5-6-10-15(14)19-11-13-7-3-2-4-8-13/h2-10H,1,11H2,(H,17,18). The summed E-state index contributed by atoms with van der Waals surface area (Å²) in [4.78, 5) is 11.0. The summed E-state index contributed by atoms with van der Waals surface area (Å²) in [5, 5.41) is 8.99. The zero-order chi connectivity index (χ0) is 13.7. The van der Waals surface area contributed by atoms with Gasteiger partial charge in [-0.15, -0.1) is 0 Å². The van der Waals surface area contributed by atoms with Gasteiger partial charge in [0.2, 0.25) is 0 Å². The first kappa shape index (κ1) is 12.9. The third-order valence-electron chi connectivity index (χ3n) is 2.71. The molecule has 3 nitrogen and oxygen atoms in total. The molecule has 0 unspecified atom stereocenters. The molecule has 0 saturated heterocycles. The topological polar surface area (TPSA) is 46.5 Å². The maximum Gasteiger partial charge on any atom is 0.335 e. The van der Waals surface area contributed by atoms with Gasteiger partial charge in [0.1, 0.15) is 12.4 Å². The Bertz CT molecular complexity index is 588. The fraction of sp³-hybridized carbons (Fsp3) is 0.0625. The van der Waals surface area contributed by atoms with Gasteiger partial charge in [-0.25, -0.2) is 4.79 Å². The molecule has 96 valence electrons. The van der Waals surface area contributed by atoms with Crippen LogP contribution < -0.4 is 4.74 Å². The van der Waals surface area contributed by atoms with E-state index in [1.165, 1.54) is 0 Å². The van der Waals surface area contributed by atoms with Crippen molar-refractivity contribution in [1.82, 2.24) is 0 Å². The van der Waals surface area contributed by atoms with Crippen molar-refractivity contribution in [3.05, 3.63) is 72.3 Å². The van der Waals surface area contributed by atoms with Crippen LogP contribution in [0, 0.1) is 0 Å². The lowest BCUT2D eigenvalue weighted by Crippen LogP contribution is -2.02. The number of hydrogen-bond acceptors (Lipinski definition) is 2. The summed E-state index contributed by atoms with van der Waals surface area (Å²) in [6.45, 7) is 3.95. The van der Waals surface area contributed by atoms with Crippen molar-refractivity contribution in [1.29, 1.82) is 0 Å². The van der Waals surface area contributed by atoms with E-state index in [-0.39, 0.29) is 5.57 Å². The largest absolute Gasteiger partial charge is 0.488 e. The van der Waals surface area contributed by atoms with Crippen molar-refractivity contribution in [3.63, 3.8) is 0 Å². The molecule has 0 heterocycles. The Kier molecular flexibility index (Phi) is 3.98. The van der Waals surface area contributed by atoms with E-state index >= 15 is 0 Å². The highest BCUT2D eigenvalue weighted by molar-refractivity contribution is 6.15. The molecule has 1 N–H and O–H groups in total. The summed E-state index contributed by atoms with van der Waals surface area (Å²) >= 11 is 0. The monoisotopic (exact) mass is 254 g/mol. The summed E-state index contributed by atoms with van der Waals surface area (Å²) in [7, 11) is 0. The number of hydrogen-bond donors (Lipinski definition) is 1. The Labute approximate surface area is 111 Å². The van der Waals surface area contributed by atoms with Crippen molar-refractivity contribution < 1.29 is 14.6 Å². The highest BCUT2D eigenvalue weighted by Crippen LogP contribution is 2.25. The summed E-state index contributed by atoms with van der Waals surface area (Å²) in [5.41, 5.74) is 1.56. The maximum absolute atomic E-state index is 11.0. The molecule has 0 aromatic heterocycles. The fourth-order valence-corrected chi connectivity index (χ4v) is 1.69. The first-order chi connectivity index (χ1) is 9.18. The van der Waals surface area contributed by atoms with Crippen LogP contribution in [0.15, 0.2) is 61.2 Å². The molecule has 19 heavy (non-hydrogen) atoms. The molecule has 0 bridgehead atoms. The van der Waals surface area contributed by atoms with Crippen molar-refractivity contribution in [3.8, 4) is 5.75 Å². The minimum Gasteiger partial charge on any atom is -0.488 e. The number of rotatable bonds is 5. The van der Waals surface area contributed by atoms with Gasteiger partial charge in [-0.05, 0) is 11.6 Å². The van der Waals surface area contributed by atoms with E-state index in [1.54, 1.807) is 24.3 Å². The molecule has 2 aromatic carbocycles. The number of carboxylic acid groups (broad SMARTS) is 1. The van der Waals surface area contributed by atoms with Gasteiger partial charge in [0.25, 0.3) is 0 Å². The number of carboxylic acids is 1. The molecule has 0 aliphatic heterocycles. The number of carbonyl (C=O) groups is 1. The van der Waals surface area contributed by atoms with Gasteiger partial charge in [0, 0.05) is 5.56 Å². The normalized spacial score (nSPS) is 9.89. The minimum absolute atomic E-state index is 0.0312. The molecule has 0 aliphatic carbocycles. The molecule has 3 heteroatoms. The van der Waals surface area contributed by atoms with Gasteiger partial charge < -0.3 is 9.84 Å². The summed E-state index contributed by atoms with van der Waals surface area (Å²) in [6, 6.07) is 16.7. The molecule has 0 saturated carbocycles. The molecule has 0 spiro atoms. The smallest absolute Gasteiger partial charge is 0.335 e. The van der Waals surface area contributed by atoms with Gasteiger partial charge in [-0.1, -0.05) is 55.1 Å². The van der Waals surface area contributed by atoms with E-state index in [1.807, 2.05) is 30.3 Å². The van der Waals surface area contributed by atoms with E-state index in [4.69, 9.17) is 9.84 Å². The maximum atomic E-state index is 11.0. The Morgan fingerprint density at radius 2 is 1.68 bits per heavy atom. The van der Waals surface area contributed by atoms with Gasteiger partial charge in [0.05, 0.1) is 5.57 Å². The summed E-state index contributed by atoms with van der Waals surface area (Å²) < 4.78 is 5.67.